The molecule has 20 heavy (non-hydrogen) atoms. The molecule has 1 atom stereocenters. The van der Waals surface area contributed by atoms with E-state index in [1.165, 1.54) is 11.2 Å². The molecule has 104 valence electrons. The minimum absolute atomic E-state index is 0.280. The third-order valence-electron chi connectivity index (χ3n) is 4.06. The summed E-state index contributed by atoms with van der Waals surface area (Å²) in [6.45, 7) is 2.06. The first-order chi connectivity index (χ1) is 9.54. The predicted molar refractivity (Wildman–Crippen MR) is 72.5 cm³/mol. The van der Waals surface area contributed by atoms with Gasteiger partial charge in [0.1, 0.15) is 17.4 Å². The highest BCUT2D eigenvalue weighted by molar-refractivity contribution is 6.07. The van der Waals surface area contributed by atoms with Crippen LogP contribution < -0.4 is 0 Å². The number of likely N-dealkylation sites (tertiary alicyclic amines) is 1. The number of carbonyl (C=O) groups excluding carboxylic acids is 1. The average Bonchev–Trinajstić information content (AvgIpc) is 3.02. The van der Waals surface area contributed by atoms with Crippen LogP contribution in [-0.4, -0.2) is 34.0 Å². The van der Waals surface area contributed by atoms with Crippen molar-refractivity contribution in [3.8, 4) is 0 Å². The molecule has 1 saturated heterocycles. The van der Waals surface area contributed by atoms with Crippen molar-refractivity contribution >= 4 is 22.8 Å². The van der Waals surface area contributed by atoms with Crippen LogP contribution in [0.25, 0.3) is 11.0 Å². The Morgan fingerprint density at radius 2 is 2.10 bits per heavy atom. The van der Waals surface area contributed by atoms with Gasteiger partial charge >= 0.3 is 5.97 Å². The fraction of sp³-hybridized carbons (Fsp3) is 0.333. The number of benzene rings is 1. The second kappa shape index (κ2) is 4.37. The molecule has 1 fully saturated rings. The molecule has 1 amide bonds. The molecule has 1 unspecified atom stereocenters. The smallest absolute Gasteiger partial charge is 0.329 e. The lowest BCUT2D eigenvalue weighted by molar-refractivity contribution is -0.147. The third-order valence-corrected chi connectivity index (χ3v) is 4.06. The zero-order valence-corrected chi connectivity index (χ0v) is 11.1. The lowest BCUT2D eigenvalue weighted by atomic mass is 9.98. The summed E-state index contributed by atoms with van der Waals surface area (Å²) in [5, 5.41) is 10.1. The number of para-hydroxylation sites is 1. The Balaban J connectivity index is 2.02. The summed E-state index contributed by atoms with van der Waals surface area (Å²) in [5.74, 6) is -1.24. The van der Waals surface area contributed by atoms with Gasteiger partial charge in [0.05, 0.1) is 5.56 Å². The number of hydrogen-bond donors (Lipinski definition) is 1. The van der Waals surface area contributed by atoms with Crippen LogP contribution in [0.1, 0.15) is 30.1 Å². The van der Waals surface area contributed by atoms with Crippen molar-refractivity contribution in [2.24, 2.45) is 0 Å². The van der Waals surface area contributed by atoms with Crippen LogP contribution in [0.3, 0.4) is 0 Å². The van der Waals surface area contributed by atoms with Gasteiger partial charge in [-0.25, -0.2) is 4.79 Å². The topological polar surface area (TPSA) is 70.8 Å². The summed E-state index contributed by atoms with van der Waals surface area (Å²) >= 11 is 0. The largest absolute Gasteiger partial charge is 0.480 e. The van der Waals surface area contributed by atoms with Crippen LogP contribution in [-0.2, 0) is 4.79 Å². The summed E-state index contributed by atoms with van der Waals surface area (Å²) in [6.07, 6.45) is 2.59. The molecule has 1 aliphatic heterocycles. The Labute approximate surface area is 115 Å². The van der Waals surface area contributed by atoms with E-state index in [0.29, 0.717) is 30.5 Å². The predicted octanol–water partition coefficient (Wildman–Crippen LogP) is 2.51. The van der Waals surface area contributed by atoms with Crippen molar-refractivity contribution in [3.05, 3.63) is 36.1 Å². The van der Waals surface area contributed by atoms with E-state index in [0.717, 1.165) is 5.39 Å². The molecular formula is C15H15NO4. The number of carbonyl (C=O) groups is 2. The highest BCUT2D eigenvalue weighted by Crippen LogP contribution is 2.32. The molecule has 1 aliphatic rings. The van der Waals surface area contributed by atoms with E-state index in [4.69, 9.17) is 4.42 Å². The van der Waals surface area contributed by atoms with Crippen LogP contribution in [0.5, 0.6) is 0 Å². The summed E-state index contributed by atoms with van der Waals surface area (Å²) < 4.78 is 5.36. The molecule has 0 spiro atoms. The van der Waals surface area contributed by atoms with Gasteiger partial charge in [0, 0.05) is 11.9 Å². The summed E-state index contributed by atoms with van der Waals surface area (Å²) in [6, 6.07) is 7.25. The van der Waals surface area contributed by atoms with Gasteiger partial charge in [-0.1, -0.05) is 18.2 Å². The zero-order valence-electron chi connectivity index (χ0n) is 11.1. The van der Waals surface area contributed by atoms with E-state index < -0.39 is 11.5 Å². The van der Waals surface area contributed by atoms with E-state index in [1.807, 2.05) is 12.1 Å². The Kier molecular flexibility index (Phi) is 2.78. The minimum Gasteiger partial charge on any atom is -0.480 e. The van der Waals surface area contributed by atoms with E-state index in [9.17, 15) is 14.7 Å². The molecule has 5 nitrogen and oxygen atoms in total. The number of fused-ring (bicyclic) bond motifs is 1. The normalized spacial score (nSPS) is 22.4. The number of hydrogen-bond acceptors (Lipinski definition) is 3. The first kappa shape index (κ1) is 12.7. The molecule has 1 aromatic carbocycles. The first-order valence-corrected chi connectivity index (χ1v) is 6.55. The molecule has 0 saturated carbocycles. The van der Waals surface area contributed by atoms with Crippen LogP contribution in [0, 0.1) is 0 Å². The van der Waals surface area contributed by atoms with E-state index in [1.54, 1.807) is 19.1 Å². The van der Waals surface area contributed by atoms with Gasteiger partial charge in [-0.2, -0.15) is 0 Å². The van der Waals surface area contributed by atoms with Crippen LogP contribution in [0.15, 0.2) is 34.9 Å². The Hall–Kier alpha value is -2.30. The van der Waals surface area contributed by atoms with Gasteiger partial charge in [0.2, 0.25) is 0 Å². The highest BCUT2D eigenvalue weighted by atomic mass is 16.4. The number of carboxylic acid groups (broad SMARTS) is 1. The van der Waals surface area contributed by atoms with Gasteiger partial charge in [-0.05, 0) is 25.8 Å². The van der Waals surface area contributed by atoms with Crippen molar-refractivity contribution in [3.63, 3.8) is 0 Å². The lowest BCUT2D eigenvalue weighted by Gasteiger charge is -2.30. The minimum atomic E-state index is -1.13. The van der Waals surface area contributed by atoms with Crippen molar-refractivity contribution in [1.82, 2.24) is 4.90 Å². The van der Waals surface area contributed by atoms with Crippen LogP contribution >= 0.6 is 0 Å². The molecule has 2 aromatic rings. The number of rotatable bonds is 2. The fourth-order valence-electron chi connectivity index (χ4n) is 2.80. The van der Waals surface area contributed by atoms with Crippen molar-refractivity contribution < 1.29 is 19.1 Å². The van der Waals surface area contributed by atoms with Gasteiger partial charge in [0.25, 0.3) is 5.91 Å². The van der Waals surface area contributed by atoms with E-state index in [2.05, 4.69) is 0 Å². The second-order valence-electron chi connectivity index (χ2n) is 5.28. The first-order valence-electron chi connectivity index (χ1n) is 6.55. The highest BCUT2D eigenvalue weighted by Gasteiger charge is 2.46. The molecule has 3 rings (SSSR count). The van der Waals surface area contributed by atoms with Crippen LogP contribution in [0.4, 0.5) is 0 Å². The molecule has 0 aliphatic carbocycles. The standard InChI is InChI=1S/C15H15NO4/c1-15(14(18)19)7-4-8-16(15)13(17)11-9-20-12-6-3-2-5-10(11)12/h2-3,5-6,9H,4,7-8H2,1H3,(H,18,19). The summed E-state index contributed by atoms with van der Waals surface area (Å²) in [5.41, 5.74) is -0.0721. The number of furan rings is 1. The van der Waals surface area contributed by atoms with Crippen molar-refractivity contribution in [1.29, 1.82) is 0 Å². The number of nitrogens with zero attached hydrogens (tertiary/aromatic N) is 1. The van der Waals surface area contributed by atoms with E-state index in [-0.39, 0.29) is 5.91 Å². The third kappa shape index (κ3) is 1.70. The Morgan fingerprint density at radius 1 is 1.35 bits per heavy atom. The lowest BCUT2D eigenvalue weighted by Crippen LogP contribution is -2.50. The molecule has 0 bridgehead atoms. The average molecular weight is 273 g/mol. The summed E-state index contributed by atoms with van der Waals surface area (Å²) in [4.78, 5) is 25.5. The second-order valence-corrected chi connectivity index (χ2v) is 5.28. The molecule has 0 radical (unpaired) electrons. The van der Waals surface area contributed by atoms with Crippen molar-refractivity contribution in [2.75, 3.05) is 6.54 Å². The summed E-state index contributed by atoms with van der Waals surface area (Å²) in [7, 11) is 0. The SMILES string of the molecule is CC1(C(=O)O)CCCN1C(=O)c1coc2ccccc12. The van der Waals surface area contributed by atoms with Gasteiger partial charge < -0.3 is 14.4 Å². The molecule has 5 heteroatoms. The van der Waals surface area contributed by atoms with Crippen LogP contribution in [0.2, 0.25) is 0 Å². The quantitative estimate of drug-likeness (QED) is 0.912. The number of carboxylic acids is 1. The number of amides is 1. The molecule has 2 heterocycles. The Morgan fingerprint density at radius 3 is 2.85 bits per heavy atom. The maximum absolute atomic E-state index is 12.6. The molecule has 1 N–H and O–H groups in total. The number of aliphatic carboxylic acids is 1. The monoisotopic (exact) mass is 273 g/mol. The maximum Gasteiger partial charge on any atom is 0.329 e. The molecular weight excluding hydrogens is 258 g/mol. The van der Waals surface area contributed by atoms with Gasteiger partial charge in [-0.15, -0.1) is 0 Å². The van der Waals surface area contributed by atoms with Crippen molar-refractivity contribution in [2.45, 2.75) is 25.3 Å². The Bertz CT molecular complexity index is 690. The fourth-order valence-corrected chi connectivity index (χ4v) is 2.80. The maximum atomic E-state index is 12.6. The zero-order chi connectivity index (χ0) is 14.3. The molecule has 1 aromatic heterocycles. The van der Waals surface area contributed by atoms with Gasteiger partial charge in [-0.3, -0.25) is 4.79 Å². The van der Waals surface area contributed by atoms with Gasteiger partial charge in [0.15, 0.2) is 0 Å². The van der Waals surface area contributed by atoms with E-state index >= 15 is 0 Å².